The van der Waals surface area contributed by atoms with Crippen LogP contribution in [0.2, 0.25) is 0 Å². The second-order valence-corrected chi connectivity index (χ2v) is 5.09. The van der Waals surface area contributed by atoms with E-state index in [0.717, 1.165) is 6.07 Å². The summed E-state index contributed by atoms with van der Waals surface area (Å²) in [7, 11) is 0. The lowest BCUT2D eigenvalue weighted by atomic mass is 10.1. The third-order valence-electron chi connectivity index (χ3n) is 3.54. The number of hydrogen-bond donors (Lipinski definition) is 2. The van der Waals surface area contributed by atoms with Gasteiger partial charge in [0.15, 0.2) is 0 Å². The fourth-order valence-electron chi connectivity index (χ4n) is 2.47. The minimum Gasteiger partial charge on any atom is -0.366 e. The molecule has 3 aromatic rings. The predicted octanol–water partition coefficient (Wildman–Crippen LogP) is 4.10. The summed E-state index contributed by atoms with van der Waals surface area (Å²) in [6, 6.07) is 11.9. The number of pyridine rings is 1. The SMILES string of the molecule is NC(=O)c1ccccc1Nc1ccnc2c(C(F)(F)F)cccc12. The number of para-hydroxylation sites is 2. The molecule has 7 heteroatoms. The van der Waals surface area contributed by atoms with Gasteiger partial charge in [0, 0.05) is 17.3 Å². The molecule has 1 heterocycles. The summed E-state index contributed by atoms with van der Waals surface area (Å²) in [5.74, 6) is -0.632. The number of primary amides is 1. The Morgan fingerprint density at radius 1 is 1.00 bits per heavy atom. The topological polar surface area (TPSA) is 68.0 Å². The number of amides is 1. The van der Waals surface area contributed by atoms with Gasteiger partial charge in [-0.1, -0.05) is 24.3 Å². The summed E-state index contributed by atoms with van der Waals surface area (Å²) >= 11 is 0. The molecule has 0 unspecified atom stereocenters. The van der Waals surface area contributed by atoms with E-state index < -0.39 is 17.6 Å². The molecule has 1 amide bonds. The molecule has 0 atom stereocenters. The van der Waals surface area contributed by atoms with Crippen LogP contribution in [0.3, 0.4) is 0 Å². The molecule has 0 aliphatic heterocycles. The Morgan fingerprint density at radius 2 is 1.75 bits per heavy atom. The number of benzene rings is 2. The zero-order valence-corrected chi connectivity index (χ0v) is 12.3. The van der Waals surface area contributed by atoms with Gasteiger partial charge in [0.1, 0.15) is 0 Å². The number of hydrogen-bond acceptors (Lipinski definition) is 3. The van der Waals surface area contributed by atoms with E-state index >= 15 is 0 Å². The molecule has 24 heavy (non-hydrogen) atoms. The maximum Gasteiger partial charge on any atom is 0.418 e. The number of carbonyl (C=O) groups excluding carboxylic acids is 1. The first-order valence-corrected chi connectivity index (χ1v) is 6.98. The van der Waals surface area contributed by atoms with E-state index in [0.29, 0.717) is 16.8 Å². The third-order valence-corrected chi connectivity index (χ3v) is 3.54. The second-order valence-electron chi connectivity index (χ2n) is 5.09. The summed E-state index contributed by atoms with van der Waals surface area (Å²) in [5.41, 5.74) is 5.41. The zero-order valence-electron chi connectivity index (χ0n) is 12.3. The lowest BCUT2D eigenvalue weighted by molar-refractivity contribution is -0.136. The summed E-state index contributed by atoms with van der Waals surface area (Å²) < 4.78 is 39.4. The minimum absolute atomic E-state index is 0.161. The molecule has 1 aromatic heterocycles. The van der Waals surface area contributed by atoms with Gasteiger partial charge in [-0.15, -0.1) is 0 Å². The van der Waals surface area contributed by atoms with Crippen molar-refractivity contribution in [3.05, 3.63) is 65.9 Å². The molecule has 0 saturated carbocycles. The molecule has 0 radical (unpaired) electrons. The van der Waals surface area contributed by atoms with Crippen molar-refractivity contribution in [3.63, 3.8) is 0 Å². The number of aromatic nitrogens is 1. The van der Waals surface area contributed by atoms with Gasteiger partial charge < -0.3 is 11.1 Å². The van der Waals surface area contributed by atoms with Crippen molar-refractivity contribution in [1.29, 1.82) is 0 Å². The molecule has 0 spiro atoms. The smallest absolute Gasteiger partial charge is 0.366 e. The van der Waals surface area contributed by atoms with Crippen molar-refractivity contribution < 1.29 is 18.0 Å². The van der Waals surface area contributed by atoms with E-state index in [9.17, 15) is 18.0 Å². The maximum atomic E-state index is 13.1. The van der Waals surface area contributed by atoms with Gasteiger partial charge in [0.05, 0.1) is 22.3 Å². The van der Waals surface area contributed by atoms with Crippen LogP contribution in [0.5, 0.6) is 0 Å². The van der Waals surface area contributed by atoms with Crippen LogP contribution in [0.4, 0.5) is 24.5 Å². The normalized spacial score (nSPS) is 11.5. The molecule has 3 N–H and O–H groups in total. The zero-order chi connectivity index (χ0) is 17.3. The van der Waals surface area contributed by atoms with Crippen molar-refractivity contribution in [3.8, 4) is 0 Å². The van der Waals surface area contributed by atoms with Crippen LogP contribution >= 0.6 is 0 Å². The van der Waals surface area contributed by atoms with Crippen LogP contribution in [0.15, 0.2) is 54.7 Å². The first-order chi connectivity index (χ1) is 11.4. The molecule has 2 aromatic carbocycles. The van der Waals surface area contributed by atoms with E-state index in [2.05, 4.69) is 10.3 Å². The summed E-state index contributed by atoms with van der Waals surface area (Å²) in [6.45, 7) is 0. The average molecular weight is 331 g/mol. The van der Waals surface area contributed by atoms with Gasteiger partial charge in [0.2, 0.25) is 0 Å². The Hall–Kier alpha value is -3.09. The lowest BCUT2D eigenvalue weighted by Gasteiger charge is -2.14. The molecule has 3 rings (SSSR count). The highest BCUT2D eigenvalue weighted by Crippen LogP contribution is 2.36. The van der Waals surface area contributed by atoms with Crippen molar-refractivity contribution in [2.24, 2.45) is 5.73 Å². The quantitative estimate of drug-likeness (QED) is 0.759. The van der Waals surface area contributed by atoms with Crippen LogP contribution in [-0.2, 0) is 6.18 Å². The Morgan fingerprint density at radius 3 is 2.46 bits per heavy atom. The van der Waals surface area contributed by atoms with E-state index in [1.54, 1.807) is 24.3 Å². The number of carbonyl (C=O) groups is 1. The minimum atomic E-state index is -4.50. The molecule has 0 aliphatic carbocycles. The van der Waals surface area contributed by atoms with Gasteiger partial charge >= 0.3 is 6.18 Å². The van der Waals surface area contributed by atoms with Crippen LogP contribution in [0.1, 0.15) is 15.9 Å². The van der Waals surface area contributed by atoms with Crippen LogP contribution in [0, 0.1) is 0 Å². The standard InChI is InChI=1S/C17H12F3N3O/c18-17(19,20)12-6-3-5-10-14(8-9-22-15(10)12)23-13-7-2-1-4-11(13)16(21)24/h1-9H,(H2,21,24)(H,22,23). The Labute approximate surface area is 135 Å². The number of nitrogens with two attached hydrogens (primary N) is 1. The van der Waals surface area contributed by atoms with Gasteiger partial charge in [0.25, 0.3) is 5.91 Å². The van der Waals surface area contributed by atoms with Gasteiger partial charge in [-0.3, -0.25) is 9.78 Å². The molecule has 0 aliphatic rings. The predicted molar refractivity (Wildman–Crippen MR) is 85.0 cm³/mol. The van der Waals surface area contributed by atoms with E-state index in [-0.39, 0.29) is 11.1 Å². The highest BCUT2D eigenvalue weighted by atomic mass is 19.4. The van der Waals surface area contributed by atoms with Gasteiger partial charge in [-0.2, -0.15) is 13.2 Å². The van der Waals surface area contributed by atoms with Crippen molar-refractivity contribution in [1.82, 2.24) is 4.98 Å². The number of anilines is 2. The first kappa shape index (κ1) is 15.8. The molecule has 122 valence electrons. The third kappa shape index (κ3) is 2.88. The number of fused-ring (bicyclic) bond motifs is 1. The van der Waals surface area contributed by atoms with E-state index in [1.165, 1.54) is 24.4 Å². The fourth-order valence-corrected chi connectivity index (χ4v) is 2.47. The summed E-state index contributed by atoms with van der Waals surface area (Å²) in [6.07, 6.45) is -3.22. The highest BCUT2D eigenvalue weighted by molar-refractivity contribution is 6.01. The summed E-state index contributed by atoms with van der Waals surface area (Å²) in [5, 5.41) is 3.27. The monoisotopic (exact) mass is 331 g/mol. The highest BCUT2D eigenvalue weighted by Gasteiger charge is 2.33. The number of alkyl halides is 3. The molecular formula is C17H12F3N3O. The van der Waals surface area contributed by atoms with Crippen molar-refractivity contribution >= 4 is 28.2 Å². The molecule has 0 fully saturated rings. The van der Waals surface area contributed by atoms with Crippen molar-refractivity contribution in [2.75, 3.05) is 5.32 Å². The number of nitrogens with zero attached hydrogens (tertiary/aromatic N) is 1. The number of halogens is 3. The van der Waals surface area contributed by atoms with E-state index in [4.69, 9.17) is 5.73 Å². The van der Waals surface area contributed by atoms with Crippen LogP contribution in [0.25, 0.3) is 10.9 Å². The molecule has 0 saturated heterocycles. The number of nitrogens with one attached hydrogen (secondary N) is 1. The fraction of sp³-hybridized carbons (Fsp3) is 0.0588. The molecule has 0 bridgehead atoms. The first-order valence-electron chi connectivity index (χ1n) is 6.98. The Balaban J connectivity index is 2.14. The van der Waals surface area contributed by atoms with Crippen LogP contribution in [-0.4, -0.2) is 10.9 Å². The van der Waals surface area contributed by atoms with Crippen molar-refractivity contribution in [2.45, 2.75) is 6.18 Å². The Kier molecular flexibility index (Phi) is 3.84. The average Bonchev–Trinajstić information content (AvgIpc) is 2.54. The largest absolute Gasteiger partial charge is 0.418 e. The van der Waals surface area contributed by atoms with Gasteiger partial charge in [-0.25, -0.2) is 0 Å². The number of rotatable bonds is 3. The molecular weight excluding hydrogens is 319 g/mol. The second kappa shape index (κ2) is 5.84. The van der Waals surface area contributed by atoms with E-state index in [1.807, 2.05) is 0 Å². The Bertz CT molecular complexity index is 922. The van der Waals surface area contributed by atoms with Crippen LogP contribution < -0.4 is 11.1 Å². The lowest BCUT2D eigenvalue weighted by Crippen LogP contribution is -2.13. The molecule has 4 nitrogen and oxygen atoms in total. The summed E-state index contributed by atoms with van der Waals surface area (Å²) in [4.78, 5) is 15.3. The van der Waals surface area contributed by atoms with Gasteiger partial charge in [-0.05, 0) is 24.3 Å². The maximum absolute atomic E-state index is 13.1.